The van der Waals surface area contributed by atoms with E-state index < -0.39 is 5.91 Å². The summed E-state index contributed by atoms with van der Waals surface area (Å²) in [4.78, 5) is 27.5. The van der Waals surface area contributed by atoms with E-state index in [0.717, 1.165) is 10.2 Å². The second-order valence-electron chi connectivity index (χ2n) is 4.51. The smallest absolute Gasteiger partial charge is 0.287 e. The van der Waals surface area contributed by atoms with Gasteiger partial charge in [0.2, 0.25) is 5.91 Å². The molecule has 2 amide bonds. The van der Waals surface area contributed by atoms with Crippen molar-refractivity contribution < 1.29 is 14.0 Å². The van der Waals surface area contributed by atoms with E-state index in [-0.39, 0.29) is 18.2 Å². The van der Waals surface area contributed by atoms with Crippen LogP contribution in [0.5, 0.6) is 0 Å². The molecule has 1 aromatic carbocycles. The number of carbonyl (C=O) groups excluding carboxylic acids is 2. The van der Waals surface area contributed by atoms with Crippen LogP contribution in [0, 0.1) is 0 Å². The van der Waals surface area contributed by atoms with Gasteiger partial charge in [0.25, 0.3) is 5.91 Å². The number of hydrogen-bond acceptors (Lipinski definition) is 5. The molecule has 3 aromatic rings. The number of likely N-dealkylation sites (N-methyl/N-ethyl adjacent to an activating group) is 1. The Balaban J connectivity index is 1.78. The topological polar surface area (TPSA) is 84.2 Å². The van der Waals surface area contributed by atoms with E-state index in [1.807, 2.05) is 24.3 Å². The van der Waals surface area contributed by atoms with Crippen LogP contribution >= 0.6 is 11.3 Å². The molecule has 2 aromatic heterocycles. The fraction of sp³-hybridized carbons (Fsp3) is 0.133. The van der Waals surface area contributed by atoms with Crippen molar-refractivity contribution in [3.05, 3.63) is 42.2 Å². The molecule has 0 saturated carbocycles. The lowest BCUT2D eigenvalue weighted by molar-refractivity contribution is -0.119. The molecule has 0 fully saturated rings. The Labute approximate surface area is 130 Å². The number of amides is 2. The Morgan fingerprint density at radius 1 is 1.23 bits per heavy atom. The molecule has 6 nitrogen and oxygen atoms in total. The third-order valence-electron chi connectivity index (χ3n) is 3.02. The molecule has 0 aliphatic heterocycles. The second kappa shape index (κ2) is 5.98. The van der Waals surface area contributed by atoms with Crippen molar-refractivity contribution in [3.8, 4) is 10.8 Å². The van der Waals surface area contributed by atoms with Crippen LogP contribution in [0.2, 0.25) is 0 Å². The predicted molar refractivity (Wildman–Crippen MR) is 83.7 cm³/mol. The molecule has 3 rings (SSSR count). The monoisotopic (exact) mass is 315 g/mol. The Morgan fingerprint density at radius 3 is 2.82 bits per heavy atom. The van der Waals surface area contributed by atoms with Gasteiger partial charge in [-0.1, -0.05) is 12.1 Å². The van der Waals surface area contributed by atoms with Gasteiger partial charge in [-0.3, -0.25) is 9.59 Å². The third kappa shape index (κ3) is 2.84. The normalized spacial score (nSPS) is 10.6. The van der Waals surface area contributed by atoms with Crippen LogP contribution in [0.4, 0.5) is 0 Å². The first-order valence-corrected chi connectivity index (χ1v) is 7.43. The number of hydrogen-bond donors (Lipinski definition) is 2. The van der Waals surface area contributed by atoms with Crippen LogP contribution in [0.25, 0.3) is 21.0 Å². The second-order valence-corrected chi connectivity index (χ2v) is 5.54. The molecule has 0 bridgehead atoms. The molecule has 0 aliphatic carbocycles. The molecular formula is C15H13N3O3S. The van der Waals surface area contributed by atoms with Gasteiger partial charge in [0, 0.05) is 7.05 Å². The molecule has 22 heavy (non-hydrogen) atoms. The van der Waals surface area contributed by atoms with E-state index in [1.165, 1.54) is 18.4 Å². The molecule has 0 atom stereocenters. The van der Waals surface area contributed by atoms with E-state index in [0.29, 0.717) is 10.8 Å². The number of benzene rings is 1. The fourth-order valence-electron chi connectivity index (χ4n) is 1.89. The number of carbonyl (C=O) groups is 2. The summed E-state index contributed by atoms with van der Waals surface area (Å²) in [6.45, 7) is -0.0908. The Bertz CT molecular complexity index is 804. The van der Waals surface area contributed by atoms with Gasteiger partial charge in [0.15, 0.2) is 16.5 Å². The quantitative estimate of drug-likeness (QED) is 0.771. The summed E-state index contributed by atoms with van der Waals surface area (Å²) in [6, 6.07) is 11.1. The summed E-state index contributed by atoms with van der Waals surface area (Å²) in [6.07, 6.45) is 0. The maximum atomic E-state index is 11.9. The number of nitrogens with zero attached hydrogens (tertiary/aromatic N) is 1. The van der Waals surface area contributed by atoms with Crippen LogP contribution < -0.4 is 10.6 Å². The predicted octanol–water partition coefficient (Wildman–Crippen LogP) is 2.03. The van der Waals surface area contributed by atoms with Crippen LogP contribution in [-0.4, -0.2) is 30.4 Å². The summed E-state index contributed by atoms with van der Waals surface area (Å²) < 4.78 is 6.59. The van der Waals surface area contributed by atoms with E-state index in [2.05, 4.69) is 15.6 Å². The van der Waals surface area contributed by atoms with Crippen LogP contribution in [-0.2, 0) is 4.79 Å². The van der Waals surface area contributed by atoms with E-state index >= 15 is 0 Å². The standard InChI is InChI=1S/C15H13N3O3S/c1-16-13(19)8-17-14(20)10-6-7-11(21-10)15-18-9-4-2-3-5-12(9)22-15/h2-7H,8H2,1H3,(H,16,19)(H,17,20). The molecule has 2 N–H and O–H groups in total. The van der Waals surface area contributed by atoms with Crippen LogP contribution in [0.3, 0.4) is 0 Å². The number of nitrogens with one attached hydrogen (secondary N) is 2. The summed E-state index contributed by atoms with van der Waals surface area (Å²) in [5, 5.41) is 5.62. The van der Waals surface area contributed by atoms with Crippen molar-refractivity contribution in [2.24, 2.45) is 0 Å². The third-order valence-corrected chi connectivity index (χ3v) is 4.07. The number of thiazole rings is 1. The lowest BCUT2D eigenvalue weighted by Gasteiger charge is -2.01. The molecule has 0 aliphatic rings. The van der Waals surface area contributed by atoms with Gasteiger partial charge in [-0.25, -0.2) is 4.98 Å². The van der Waals surface area contributed by atoms with Gasteiger partial charge in [-0.15, -0.1) is 11.3 Å². The Kier molecular flexibility index (Phi) is 3.88. The number of aromatic nitrogens is 1. The van der Waals surface area contributed by atoms with Crippen LogP contribution in [0.15, 0.2) is 40.8 Å². The van der Waals surface area contributed by atoms with Gasteiger partial charge in [-0.05, 0) is 24.3 Å². The highest BCUT2D eigenvalue weighted by molar-refractivity contribution is 7.21. The zero-order valence-corrected chi connectivity index (χ0v) is 12.6. The molecule has 2 heterocycles. The number of furan rings is 1. The Morgan fingerprint density at radius 2 is 2.05 bits per heavy atom. The highest BCUT2D eigenvalue weighted by Crippen LogP contribution is 2.30. The summed E-state index contributed by atoms with van der Waals surface area (Å²) >= 11 is 1.50. The Hall–Kier alpha value is -2.67. The molecule has 0 radical (unpaired) electrons. The maximum absolute atomic E-state index is 11.9. The van der Waals surface area contributed by atoms with Crippen molar-refractivity contribution in [3.63, 3.8) is 0 Å². The number of fused-ring (bicyclic) bond motifs is 1. The lowest BCUT2D eigenvalue weighted by Crippen LogP contribution is -2.34. The van der Waals surface area contributed by atoms with Crippen molar-refractivity contribution in [1.29, 1.82) is 0 Å². The SMILES string of the molecule is CNC(=O)CNC(=O)c1ccc(-c2nc3ccccc3s2)o1. The van der Waals surface area contributed by atoms with E-state index in [1.54, 1.807) is 12.1 Å². The molecule has 7 heteroatoms. The average Bonchev–Trinajstić information content (AvgIpc) is 3.18. The zero-order chi connectivity index (χ0) is 15.5. The van der Waals surface area contributed by atoms with E-state index in [4.69, 9.17) is 4.42 Å². The summed E-state index contributed by atoms with van der Waals surface area (Å²) in [7, 11) is 1.51. The van der Waals surface area contributed by atoms with Gasteiger partial charge in [0.1, 0.15) is 0 Å². The van der Waals surface area contributed by atoms with Gasteiger partial charge >= 0.3 is 0 Å². The largest absolute Gasteiger partial charge is 0.448 e. The van der Waals surface area contributed by atoms with Crippen molar-refractivity contribution >= 4 is 33.4 Å². The van der Waals surface area contributed by atoms with Gasteiger partial charge in [0.05, 0.1) is 16.8 Å². The average molecular weight is 315 g/mol. The molecule has 112 valence electrons. The highest BCUT2D eigenvalue weighted by atomic mass is 32.1. The molecule has 0 spiro atoms. The highest BCUT2D eigenvalue weighted by Gasteiger charge is 2.15. The van der Waals surface area contributed by atoms with Crippen LogP contribution in [0.1, 0.15) is 10.6 Å². The molecular weight excluding hydrogens is 302 g/mol. The minimum Gasteiger partial charge on any atom is -0.448 e. The maximum Gasteiger partial charge on any atom is 0.287 e. The lowest BCUT2D eigenvalue weighted by atomic mass is 10.3. The fourth-order valence-corrected chi connectivity index (χ4v) is 2.82. The number of para-hydroxylation sites is 1. The minimum atomic E-state index is -0.434. The first kappa shape index (κ1) is 14.3. The summed E-state index contributed by atoms with van der Waals surface area (Å²) in [5.74, 6) is -0.0216. The van der Waals surface area contributed by atoms with E-state index in [9.17, 15) is 9.59 Å². The molecule has 0 saturated heterocycles. The molecule has 0 unspecified atom stereocenters. The van der Waals surface area contributed by atoms with Gasteiger partial charge < -0.3 is 15.1 Å². The first-order valence-electron chi connectivity index (χ1n) is 6.62. The first-order chi connectivity index (χ1) is 10.7. The minimum absolute atomic E-state index is 0.0908. The van der Waals surface area contributed by atoms with Crippen molar-refractivity contribution in [2.45, 2.75) is 0 Å². The van der Waals surface area contributed by atoms with Crippen molar-refractivity contribution in [1.82, 2.24) is 15.6 Å². The van der Waals surface area contributed by atoms with Crippen molar-refractivity contribution in [2.75, 3.05) is 13.6 Å². The zero-order valence-electron chi connectivity index (χ0n) is 11.8. The summed E-state index contributed by atoms with van der Waals surface area (Å²) in [5.41, 5.74) is 0.893. The van der Waals surface area contributed by atoms with Gasteiger partial charge in [-0.2, -0.15) is 0 Å². The number of rotatable bonds is 4.